The summed E-state index contributed by atoms with van der Waals surface area (Å²) in [6.45, 7) is 8.58. The Hall–Kier alpha value is -5.88. The van der Waals surface area contributed by atoms with E-state index in [2.05, 4.69) is 64.1 Å². The summed E-state index contributed by atoms with van der Waals surface area (Å²) in [6.07, 6.45) is 0. The van der Waals surface area contributed by atoms with Crippen LogP contribution in [0.15, 0.2) is 133 Å². The van der Waals surface area contributed by atoms with E-state index in [1.54, 1.807) is 24.3 Å². The minimum absolute atomic E-state index is 0.102. The number of hydrogen-bond acceptors (Lipinski definition) is 2. The predicted octanol–water partition coefficient (Wildman–Crippen LogP) is 14.3. The number of halogens is 4. The Bertz CT molecular complexity index is 2340. The van der Waals surface area contributed by atoms with Gasteiger partial charge >= 0.3 is 0 Å². The van der Waals surface area contributed by atoms with Gasteiger partial charge in [-0.3, -0.25) is 0 Å². The van der Waals surface area contributed by atoms with Gasteiger partial charge in [-0.15, -0.1) is 0 Å². The van der Waals surface area contributed by atoms with Gasteiger partial charge in [-0.2, -0.15) is 0 Å². The summed E-state index contributed by atoms with van der Waals surface area (Å²) >= 11 is 0. The molecule has 0 fully saturated rings. The molecule has 6 heteroatoms. The van der Waals surface area contributed by atoms with E-state index < -0.39 is 23.3 Å². The summed E-state index contributed by atoms with van der Waals surface area (Å²) < 4.78 is 59.6. The van der Waals surface area contributed by atoms with Crippen LogP contribution in [0.3, 0.4) is 0 Å². The van der Waals surface area contributed by atoms with Crippen molar-refractivity contribution < 1.29 is 17.6 Å². The third kappa shape index (κ3) is 5.69. The molecule has 0 heterocycles. The van der Waals surface area contributed by atoms with Gasteiger partial charge in [0.05, 0.1) is 11.4 Å². The van der Waals surface area contributed by atoms with E-state index in [0.29, 0.717) is 22.7 Å². The summed E-state index contributed by atoms with van der Waals surface area (Å²) in [6, 6.07) is 38.1. The normalized spacial score (nSPS) is 11.8. The van der Waals surface area contributed by atoms with Crippen molar-refractivity contribution in [2.75, 3.05) is 9.80 Å². The van der Waals surface area contributed by atoms with Crippen LogP contribution in [0.25, 0.3) is 32.3 Å². The van der Waals surface area contributed by atoms with E-state index in [-0.39, 0.29) is 11.8 Å². The minimum Gasteiger partial charge on any atom is -0.310 e. The maximum atomic E-state index is 14.9. The molecule has 0 radical (unpaired) electrons. The van der Waals surface area contributed by atoms with Crippen LogP contribution < -0.4 is 9.80 Å². The van der Waals surface area contributed by atoms with Gasteiger partial charge in [-0.1, -0.05) is 76.2 Å². The van der Waals surface area contributed by atoms with Crippen LogP contribution in [0, 0.1) is 23.3 Å². The molecule has 8 rings (SSSR count). The molecule has 0 aliphatic rings. The van der Waals surface area contributed by atoms with Crippen molar-refractivity contribution in [2.24, 2.45) is 0 Å². The molecule has 0 unspecified atom stereocenters. The topological polar surface area (TPSA) is 6.48 Å². The molecular weight excluding hydrogens is 657 g/mol. The fraction of sp³-hybridized carbons (Fsp3) is 0.130. The van der Waals surface area contributed by atoms with Crippen LogP contribution in [-0.2, 0) is 0 Å². The lowest BCUT2D eigenvalue weighted by Crippen LogP contribution is -2.13. The maximum absolute atomic E-state index is 14.9. The van der Waals surface area contributed by atoms with E-state index in [4.69, 9.17) is 0 Å². The quantitative estimate of drug-likeness (QED) is 0.116. The second-order valence-electron chi connectivity index (χ2n) is 13.9. The lowest BCUT2D eigenvalue weighted by molar-refractivity contribution is 0.626. The van der Waals surface area contributed by atoms with Crippen LogP contribution in [-0.4, -0.2) is 0 Å². The van der Waals surface area contributed by atoms with E-state index >= 15 is 0 Å². The molecule has 0 saturated heterocycles. The van der Waals surface area contributed by atoms with E-state index in [0.717, 1.165) is 54.8 Å². The first-order valence-electron chi connectivity index (χ1n) is 17.5. The Morgan fingerprint density at radius 1 is 0.365 bits per heavy atom. The third-order valence-electron chi connectivity index (χ3n) is 9.91. The van der Waals surface area contributed by atoms with Gasteiger partial charge in [0, 0.05) is 33.5 Å². The number of anilines is 6. The van der Waals surface area contributed by atoms with Crippen molar-refractivity contribution in [3.05, 3.63) is 168 Å². The molecule has 0 aliphatic heterocycles. The number of nitrogens with zero attached hydrogens (tertiary/aromatic N) is 2. The molecule has 0 aromatic heterocycles. The average molecular weight is 693 g/mol. The molecule has 0 atom stereocenters. The molecule has 258 valence electrons. The minimum atomic E-state index is -0.401. The molecule has 52 heavy (non-hydrogen) atoms. The van der Waals surface area contributed by atoms with Crippen LogP contribution >= 0.6 is 0 Å². The number of rotatable bonds is 8. The fourth-order valence-corrected chi connectivity index (χ4v) is 7.65. The van der Waals surface area contributed by atoms with Crippen molar-refractivity contribution in [2.45, 2.75) is 39.5 Å². The Labute approximate surface area is 300 Å². The number of hydrogen-bond donors (Lipinski definition) is 0. The molecule has 0 bridgehead atoms. The summed E-state index contributed by atoms with van der Waals surface area (Å²) in [5, 5.41) is 5.97. The molecule has 0 N–H and O–H groups in total. The van der Waals surface area contributed by atoms with Gasteiger partial charge in [0.1, 0.15) is 23.3 Å². The fourth-order valence-electron chi connectivity index (χ4n) is 7.65. The smallest absolute Gasteiger partial charge is 0.125 e. The Morgan fingerprint density at radius 3 is 0.923 bits per heavy atom. The summed E-state index contributed by atoms with van der Waals surface area (Å²) in [7, 11) is 0. The highest BCUT2D eigenvalue weighted by Crippen LogP contribution is 2.51. The zero-order valence-electron chi connectivity index (χ0n) is 29.3. The van der Waals surface area contributed by atoms with E-state index in [1.165, 1.54) is 48.5 Å². The van der Waals surface area contributed by atoms with Crippen molar-refractivity contribution in [3.8, 4) is 0 Å². The Balaban J connectivity index is 1.53. The maximum Gasteiger partial charge on any atom is 0.125 e. The molecular formula is C46H36F4N2. The highest BCUT2D eigenvalue weighted by molar-refractivity contribution is 6.29. The van der Waals surface area contributed by atoms with Crippen LogP contribution in [0.2, 0.25) is 0 Å². The zero-order chi connectivity index (χ0) is 36.3. The summed E-state index contributed by atoms with van der Waals surface area (Å²) in [4.78, 5) is 3.83. The van der Waals surface area contributed by atoms with Crippen molar-refractivity contribution in [1.82, 2.24) is 0 Å². The standard InChI is InChI=1S/C46H36F4N2/c1-27(2)41-25-43(51(33-13-5-9-29(47)21-33)34-14-6-10-30(48)22-34)39-20-18-38-42(28(3)4)26-44(40-19-17-37(41)45(39)46(38)40)52(35-15-7-11-31(49)23-35)36-16-8-12-32(50)24-36/h5-28H,1-4H3. The number of benzene rings is 8. The summed E-state index contributed by atoms with van der Waals surface area (Å²) in [5.41, 5.74) is 5.96. The Morgan fingerprint density at radius 2 is 0.654 bits per heavy atom. The van der Waals surface area contributed by atoms with Gasteiger partial charge in [0.2, 0.25) is 0 Å². The molecule has 2 nitrogen and oxygen atoms in total. The van der Waals surface area contributed by atoms with Gasteiger partial charge < -0.3 is 9.80 Å². The SMILES string of the molecule is CC(C)c1cc(N(c2cccc(F)c2)c2cccc(F)c2)c2ccc3c(C(C)C)cc(N(c4cccc(F)c4)c4cccc(F)c4)c4ccc1c2c34. The van der Waals surface area contributed by atoms with Gasteiger partial charge in [-0.25, -0.2) is 17.6 Å². The molecule has 0 aliphatic carbocycles. The highest BCUT2D eigenvalue weighted by atomic mass is 19.1. The monoisotopic (exact) mass is 692 g/mol. The molecule has 8 aromatic carbocycles. The first-order chi connectivity index (χ1) is 25.1. The van der Waals surface area contributed by atoms with Crippen molar-refractivity contribution in [1.29, 1.82) is 0 Å². The average Bonchev–Trinajstić information content (AvgIpc) is 3.11. The van der Waals surface area contributed by atoms with E-state index in [9.17, 15) is 17.6 Å². The Kier molecular flexibility index (Phi) is 8.33. The van der Waals surface area contributed by atoms with Crippen molar-refractivity contribution >= 4 is 66.4 Å². The van der Waals surface area contributed by atoms with Gasteiger partial charge in [0.25, 0.3) is 0 Å². The molecule has 8 aromatic rings. The lowest BCUT2D eigenvalue weighted by atomic mass is 9.84. The van der Waals surface area contributed by atoms with Crippen LogP contribution in [0.5, 0.6) is 0 Å². The molecule has 0 spiro atoms. The highest BCUT2D eigenvalue weighted by Gasteiger charge is 2.26. The van der Waals surface area contributed by atoms with Gasteiger partial charge in [-0.05, 0) is 129 Å². The van der Waals surface area contributed by atoms with E-state index in [1.807, 2.05) is 34.1 Å². The predicted molar refractivity (Wildman–Crippen MR) is 208 cm³/mol. The molecule has 0 amide bonds. The summed E-state index contributed by atoms with van der Waals surface area (Å²) in [5.74, 6) is -1.40. The third-order valence-corrected chi connectivity index (χ3v) is 9.91. The first-order valence-corrected chi connectivity index (χ1v) is 17.5. The van der Waals surface area contributed by atoms with Crippen LogP contribution in [0.4, 0.5) is 51.7 Å². The largest absolute Gasteiger partial charge is 0.310 e. The second-order valence-corrected chi connectivity index (χ2v) is 13.9. The lowest BCUT2D eigenvalue weighted by Gasteiger charge is -2.31. The molecule has 0 saturated carbocycles. The zero-order valence-corrected chi connectivity index (χ0v) is 29.3. The van der Waals surface area contributed by atoms with Crippen molar-refractivity contribution in [3.63, 3.8) is 0 Å². The van der Waals surface area contributed by atoms with Crippen LogP contribution in [0.1, 0.15) is 50.7 Å². The van der Waals surface area contributed by atoms with Gasteiger partial charge in [0.15, 0.2) is 0 Å². The first kappa shape index (κ1) is 33.3. The second kappa shape index (κ2) is 13.0.